The first kappa shape index (κ1) is 10.9. The molecule has 0 aromatic carbocycles. The van der Waals surface area contributed by atoms with Crippen LogP contribution in [0.5, 0.6) is 0 Å². The molecule has 3 N–H and O–H groups in total. The van der Waals surface area contributed by atoms with E-state index in [1.165, 1.54) is 0 Å². The lowest BCUT2D eigenvalue weighted by atomic mass is 9.84. The van der Waals surface area contributed by atoms with Crippen LogP contribution in [0.1, 0.15) is 19.3 Å². The van der Waals surface area contributed by atoms with Crippen molar-refractivity contribution >= 4 is 0 Å². The predicted molar refractivity (Wildman–Crippen MR) is 48.8 cm³/mol. The maximum atomic E-state index is 12.6. The third-order valence-corrected chi connectivity index (χ3v) is 2.76. The molecule has 1 fully saturated rings. The van der Waals surface area contributed by atoms with Gasteiger partial charge in [0.05, 0.1) is 0 Å². The standard InChI is InChI=1S/C9H18F2N2/c10-9(11)8(3-4-12)7-2-1-5-13-6-7/h7-9,13H,1-6,12H2. The molecule has 0 amide bonds. The fourth-order valence-electron chi connectivity index (χ4n) is 2.00. The molecule has 4 heteroatoms. The first-order valence-corrected chi connectivity index (χ1v) is 4.94. The zero-order valence-corrected chi connectivity index (χ0v) is 7.81. The average molecular weight is 192 g/mol. The number of alkyl halides is 2. The number of rotatable bonds is 4. The van der Waals surface area contributed by atoms with Crippen LogP contribution in [0.2, 0.25) is 0 Å². The molecule has 1 aliphatic heterocycles. The van der Waals surface area contributed by atoms with E-state index in [-0.39, 0.29) is 5.92 Å². The number of hydrogen-bond acceptors (Lipinski definition) is 2. The van der Waals surface area contributed by atoms with Gasteiger partial charge < -0.3 is 11.1 Å². The zero-order valence-electron chi connectivity index (χ0n) is 7.81. The third-order valence-electron chi connectivity index (χ3n) is 2.76. The largest absolute Gasteiger partial charge is 0.330 e. The van der Waals surface area contributed by atoms with Gasteiger partial charge in [-0.15, -0.1) is 0 Å². The van der Waals surface area contributed by atoms with Gasteiger partial charge in [-0.2, -0.15) is 0 Å². The Bertz CT molecular complexity index is 136. The lowest BCUT2D eigenvalue weighted by molar-refractivity contribution is 0.0319. The van der Waals surface area contributed by atoms with Crippen molar-refractivity contribution in [3.8, 4) is 0 Å². The van der Waals surface area contributed by atoms with E-state index < -0.39 is 12.3 Å². The van der Waals surface area contributed by atoms with Gasteiger partial charge in [0.25, 0.3) is 0 Å². The van der Waals surface area contributed by atoms with Crippen molar-refractivity contribution in [3.05, 3.63) is 0 Å². The van der Waals surface area contributed by atoms with Crippen LogP contribution in [-0.4, -0.2) is 26.1 Å². The Hall–Kier alpha value is -0.220. The van der Waals surface area contributed by atoms with Crippen LogP contribution in [0.3, 0.4) is 0 Å². The summed E-state index contributed by atoms with van der Waals surface area (Å²) in [6, 6.07) is 0. The van der Waals surface area contributed by atoms with E-state index in [9.17, 15) is 8.78 Å². The average Bonchev–Trinajstić information content (AvgIpc) is 2.15. The molecule has 13 heavy (non-hydrogen) atoms. The molecule has 0 aromatic heterocycles. The summed E-state index contributed by atoms with van der Waals surface area (Å²) < 4.78 is 25.2. The maximum Gasteiger partial charge on any atom is 0.241 e. The van der Waals surface area contributed by atoms with Crippen LogP contribution < -0.4 is 11.1 Å². The van der Waals surface area contributed by atoms with Gasteiger partial charge >= 0.3 is 0 Å². The Balaban J connectivity index is 2.41. The van der Waals surface area contributed by atoms with E-state index in [0.29, 0.717) is 13.0 Å². The van der Waals surface area contributed by atoms with Crippen LogP contribution in [0.15, 0.2) is 0 Å². The van der Waals surface area contributed by atoms with Gasteiger partial charge in [0.1, 0.15) is 0 Å². The van der Waals surface area contributed by atoms with Crippen LogP contribution in [0.25, 0.3) is 0 Å². The summed E-state index contributed by atoms with van der Waals surface area (Å²) in [7, 11) is 0. The van der Waals surface area contributed by atoms with Gasteiger partial charge in [-0.05, 0) is 44.8 Å². The normalized spacial score (nSPS) is 26.3. The van der Waals surface area contributed by atoms with Crippen LogP contribution in [0, 0.1) is 11.8 Å². The number of hydrogen-bond donors (Lipinski definition) is 2. The highest BCUT2D eigenvalue weighted by atomic mass is 19.3. The molecule has 0 bridgehead atoms. The summed E-state index contributed by atoms with van der Waals surface area (Å²) in [4.78, 5) is 0. The van der Waals surface area contributed by atoms with Gasteiger partial charge in [0.15, 0.2) is 0 Å². The molecule has 1 saturated heterocycles. The van der Waals surface area contributed by atoms with Gasteiger partial charge in [0.2, 0.25) is 6.43 Å². The molecule has 0 spiro atoms. The Morgan fingerprint density at radius 3 is 2.69 bits per heavy atom. The van der Waals surface area contributed by atoms with Crippen molar-refractivity contribution < 1.29 is 8.78 Å². The second-order valence-electron chi connectivity index (χ2n) is 3.68. The lowest BCUT2D eigenvalue weighted by Gasteiger charge is -2.30. The van der Waals surface area contributed by atoms with Gasteiger partial charge in [-0.25, -0.2) is 8.78 Å². The summed E-state index contributed by atoms with van der Waals surface area (Å²) in [5.74, 6) is -0.380. The maximum absolute atomic E-state index is 12.6. The number of nitrogens with one attached hydrogen (secondary N) is 1. The minimum absolute atomic E-state index is 0.122. The fraction of sp³-hybridized carbons (Fsp3) is 1.00. The fourth-order valence-corrected chi connectivity index (χ4v) is 2.00. The van der Waals surface area contributed by atoms with Crippen LogP contribution in [0.4, 0.5) is 8.78 Å². The highest BCUT2D eigenvalue weighted by Crippen LogP contribution is 2.27. The van der Waals surface area contributed by atoms with Crippen molar-refractivity contribution in [2.45, 2.75) is 25.7 Å². The smallest absolute Gasteiger partial charge is 0.241 e. The lowest BCUT2D eigenvalue weighted by Crippen LogP contribution is -2.37. The summed E-state index contributed by atoms with van der Waals surface area (Å²) in [5, 5.41) is 3.15. The molecule has 78 valence electrons. The molecular weight excluding hydrogens is 174 g/mol. The minimum atomic E-state index is -2.21. The minimum Gasteiger partial charge on any atom is -0.330 e. The Morgan fingerprint density at radius 1 is 1.46 bits per heavy atom. The van der Waals surface area contributed by atoms with Gasteiger partial charge in [-0.3, -0.25) is 0 Å². The van der Waals surface area contributed by atoms with Gasteiger partial charge in [-0.1, -0.05) is 0 Å². The zero-order chi connectivity index (χ0) is 9.68. The van der Waals surface area contributed by atoms with E-state index in [4.69, 9.17) is 5.73 Å². The SMILES string of the molecule is NCCC(C(F)F)C1CCCNC1. The molecule has 2 unspecified atom stereocenters. The number of halogens is 2. The summed E-state index contributed by atoms with van der Waals surface area (Å²) in [5.41, 5.74) is 5.32. The van der Waals surface area contributed by atoms with E-state index >= 15 is 0 Å². The Morgan fingerprint density at radius 2 is 2.23 bits per heavy atom. The quantitative estimate of drug-likeness (QED) is 0.702. The molecule has 2 nitrogen and oxygen atoms in total. The van der Waals surface area contributed by atoms with Crippen LogP contribution in [-0.2, 0) is 0 Å². The molecule has 0 radical (unpaired) electrons. The highest BCUT2D eigenvalue weighted by Gasteiger charge is 2.29. The summed E-state index contributed by atoms with van der Waals surface area (Å²) in [6.07, 6.45) is 0.165. The predicted octanol–water partition coefficient (Wildman–Crippen LogP) is 1.22. The van der Waals surface area contributed by atoms with E-state index in [1.54, 1.807) is 0 Å². The second-order valence-corrected chi connectivity index (χ2v) is 3.68. The number of nitrogens with two attached hydrogens (primary N) is 1. The van der Waals surface area contributed by atoms with E-state index in [1.807, 2.05) is 0 Å². The third kappa shape index (κ3) is 3.19. The van der Waals surface area contributed by atoms with E-state index in [0.717, 1.165) is 25.9 Å². The Labute approximate surface area is 77.9 Å². The first-order chi connectivity index (χ1) is 6.25. The summed E-state index contributed by atoms with van der Waals surface area (Å²) >= 11 is 0. The number of piperidine rings is 1. The molecule has 1 rings (SSSR count). The molecule has 0 aromatic rings. The van der Waals surface area contributed by atoms with Crippen LogP contribution >= 0.6 is 0 Å². The van der Waals surface area contributed by atoms with E-state index in [2.05, 4.69) is 5.32 Å². The van der Waals surface area contributed by atoms with Crippen molar-refractivity contribution in [1.29, 1.82) is 0 Å². The molecule has 1 heterocycles. The molecule has 2 atom stereocenters. The molecule has 1 aliphatic rings. The van der Waals surface area contributed by atoms with Gasteiger partial charge in [0, 0.05) is 5.92 Å². The molecule has 0 saturated carbocycles. The summed E-state index contributed by atoms with van der Waals surface area (Å²) in [6.45, 7) is 2.07. The van der Waals surface area contributed by atoms with Crippen molar-refractivity contribution in [2.24, 2.45) is 17.6 Å². The Kier molecular flexibility index (Phi) is 4.59. The van der Waals surface area contributed by atoms with Crippen molar-refractivity contribution in [3.63, 3.8) is 0 Å². The van der Waals surface area contributed by atoms with Crippen molar-refractivity contribution in [2.75, 3.05) is 19.6 Å². The monoisotopic (exact) mass is 192 g/mol. The second kappa shape index (κ2) is 5.50. The highest BCUT2D eigenvalue weighted by molar-refractivity contribution is 4.78. The topological polar surface area (TPSA) is 38.0 Å². The first-order valence-electron chi connectivity index (χ1n) is 4.94. The van der Waals surface area contributed by atoms with Crippen molar-refractivity contribution in [1.82, 2.24) is 5.32 Å². The molecule has 0 aliphatic carbocycles. The molecular formula is C9H18F2N2.